The lowest BCUT2D eigenvalue weighted by molar-refractivity contribution is -0.122. The molecule has 0 bridgehead atoms. The van der Waals surface area contributed by atoms with E-state index in [1.807, 2.05) is 20.8 Å². The van der Waals surface area contributed by atoms with Crippen LogP contribution in [0.25, 0.3) is 0 Å². The molecule has 2 nitrogen and oxygen atoms in total. The van der Waals surface area contributed by atoms with E-state index in [-0.39, 0.29) is 17.1 Å². The second-order valence-corrected chi connectivity index (χ2v) is 5.24. The Morgan fingerprint density at radius 3 is 1.91 bits per heavy atom. The highest BCUT2D eigenvalue weighted by Gasteiger charge is 2.33. The third-order valence-corrected chi connectivity index (χ3v) is 2.13. The Morgan fingerprint density at radius 2 is 1.91 bits per heavy atom. The van der Waals surface area contributed by atoms with Gasteiger partial charge < -0.3 is 5.73 Å². The molecule has 2 N–H and O–H groups in total. The minimum atomic E-state index is -0.396. The number of hydrogen-bond donors (Lipinski definition) is 3. The first-order valence-corrected chi connectivity index (χ1v) is 4.43. The highest BCUT2D eigenvalue weighted by molar-refractivity contribution is 7.82. The second-order valence-electron chi connectivity index (χ2n) is 3.27. The van der Waals surface area contributed by atoms with Crippen molar-refractivity contribution in [1.82, 2.24) is 0 Å². The molecule has 0 heterocycles. The average Bonchev–Trinajstić information content (AvgIpc) is 1.54. The third-order valence-electron chi connectivity index (χ3n) is 1.55. The van der Waals surface area contributed by atoms with Crippen LogP contribution in [0, 0.1) is 5.92 Å². The fraction of sp³-hybridized carbons (Fsp3) is 0.857. The Bertz CT molecular complexity index is 151. The Labute approximate surface area is 78.7 Å². The van der Waals surface area contributed by atoms with Gasteiger partial charge in [-0.2, -0.15) is 25.3 Å². The summed E-state index contributed by atoms with van der Waals surface area (Å²) in [5, 5.41) is -0.0556. The zero-order valence-electron chi connectivity index (χ0n) is 7.03. The monoisotopic (exact) mass is 193 g/mol. The molecule has 0 spiro atoms. The van der Waals surface area contributed by atoms with Crippen molar-refractivity contribution in [2.75, 3.05) is 0 Å². The molecule has 0 radical (unpaired) electrons. The molecule has 0 aliphatic rings. The number of rotatable bonds is 3. The van der Waals surface area contributed by atoms with Gasteiger partial charge in [0.25, 0.3) is 0 Å². The summed E-state index contributed by atoms with van der Waals surface area (Å²) < 4.78 is -0.396. The highest BCUT2D eigenvalue weighted by Crippen LogP contribution is 2.28. The number of hydrogen-bond acceptors (Lipinski definition) is 3. The molecule has 66 valence electrons. The number of primary amides is 1. The van der Waals surface area contributed by atoms with Crippen LogP contribution in [0.3, 0.4) is 0 Å². The van der Waals surface area contributed by atoms with Gasteiger partial charge in [0.15, 0.2) is 0 Å². The van der Waals surface area contributed by atoms with Gasteiger partial charge in [0.05, 0.1) is 5.92 Å². The molecule has 4 heteroatoms. The van der Waals surface area contributed by atoms with Gasteiger partial charge in [-0.3, -0.25) is 4.79 Å². The van der Waals surface area contributed by atoms with Crippen molar-refractivity contribution in [3.8, 4) is 0 Å². The van der Waals surface area contributed by atoms with E-state index in [1.54, 1.807) is 0 Å². The third kappa shape index (κ3) is 3.38. The molecule has 0 saturated heterocycles. The lowest BCUT2D eigenvalue weighted by Gasteiger charge is -2.29. The van der Waals surface area contributed by atoms with Gasteiger partial charge in [-0.25, -0.2) is 0 Å². The number of carbonyl (C=O) groups excluding carboxylic acids is 1. The molecule has 0 aromatic rings. The normalized spacial score (nSPS) is 17.5. The Kier molecular flexibility index (Phi) is 3.77. The summed E-state index contributed by atoms with van der Waals surface area (Å²) in [4.78, 5) is 10.9. The molecular formula is C7H15NOS2. The van der Waals surface area contributed by atoms with E-state index >= 15 is 0 Å². The highest BCUT2D eigenvalue weighted by atomic mass is 32.1. The molecule has 1 amide bonds. The van der Waals surface area contributed by atoms with Crippen molar-refractivity contribution in [1.29, 1.82) is 0 Å². The summed E-state index contributed by atoms with van der Waals surface area (Å²) in [6.07, 6.45) is 0. The summed E-state index contributed by atoms with van der Waals surface area (Å²) in [5.41, 5.74) is 5.19. The van der Waals surface area contributed by atoms with E-state index in [4.69, 9.17) is 5.73 Å². The number of thiol groups is 2. The second kappa shape index (κ2) is 3.72. The van der Waals surface area contributed by atoms with E-state index in [9.17, 15) is 4.79 Å². The smallest absolute Gasteiger partial charge is 0.223 e. The van der Waals surface area contributed by atoms with Crippen LogP contribution >= 0.6 is 25.3 Å². The van der Waals surface area contributed by atoms with Gasteiger partial charge in [-0.15, -0.1) is 0 Å². The fourth-order valence-corrected chi connectivity index (χ4v) is 2.16. The maximum absolute atomic E-state index is 10.9. The molecule has 0 aliphatic heterocycles. The van der Waals surface area contributed by atoms with Crippen molar-refractivity contribution in [3.63, 3.8) is 0 Å². The van der Waals surface area contributed by atoms with Crippen molar-refractivity contribution in [2.24, 2.45) is 11.7 Å². The topological polar surface area (TPSA) is 43.1 Å². The van der Waals surface area contributed by atoms with Crippen LogP contribution in [0.15, 0.2) is 0 Å². The lowest BCUT2D eigenvalue weighted by Crippen LogP contribution is -2.41. The number of nitrogens with two attached hydrogens (primary N) is 1. The molecule has 0 fully saturated rings. The predicted octanol–water partition coefficient (Wildman–Crippen LogP) is 1.11. The van der Waals surface area contributed by atoms with Crippen molar-refractivity contribution >= 4 is 31.2 Å². The van der Waals surface area contributed by atoms with Gasteiger partial charge in [0.2, 0.25) is 5.91 Å². The molecule has 0 aliphatic carbocycles. The van der Waals surface area contributed by atoms with Gasteiger partial charge >= 0.3 is 0 Å². The van der Waals surface area contributed by atoms with Crippen LogP contribution in [0.2, 0.25) is 0 Å². The van der Waals surface area contributed by atoms with Crippen molar-refractivity contribution in [2.45, 2.75) is 30.8 Å². The maximum atomic E-state index is 10.9. The summed E-state index contributed by atoms with van der Waals surface area (Å²) >= 11 is 8.45. The summed E-state index contributed by atoms with van der Waals surface area (Å²) in [6, 6.07) is 0. The van der Waals surface area contributed by atoms with E-state index in [0.717, 1.165) is 0 Å². The maximum Gasteiger partial charge on any atom is 0.223 e. The lowest BCUT2D eigenvalue weighted by atomic mass is 9.91. The van der Waals surface area contributed by atoms with E-state index in [1.165, 1.54) is 0 Å². The minimum absolute atomic E-state index is 0.0556. The molecule has 2 atom stereocenters. The molecule has 0 aromatic carbocycles. The SMILES string of the molecule is CC(S)C(C(N)=O)C(C)(C)S. The van der Waals surface area contributed by atoms with Crippen LogP contribution in [-0.4, -0.2) is 15.9 Å². The van der Waals surface area contributed by atoms with Gasteiger partial charge in [-0.05, 0) is 0 Å². The molecule has 2 unspecified atom stereocenters. The van der Waals surface area contributed by atoms with Crippen LogP contribution in [0.5, 0.6) is 0 Å². The van der Waals surface area contributed by atoms with Crippen LogP contribution in [0.4, 0.5) is 0 Å². The zero-order chi connectivity index (χ0) is 9.23. The van der Waals surface area contributed by atoms with Gasteiger partial charge in [0.1, 0.15) is 0 Å². The van der Waals surface area contributed by atoms with Crippen LogP contribution in [-0.2, 0) is 4.79 Å². The van der Waals surface area contributed by atoms with E-state index < -0.39 is 4.75 Å². The average molecular weight is 193 g/mol. The molecule has 0 saturated carbocycles. The molecular weight excluding hydrogens is 178 g/mol. The standard InChI is InChI=1S/C7H15NOS2/c1-4(10)5(6(8)9)7(2,3)11/h4-5,10-11H,1-3H3,(H2,8,9). The quantitative estimate of drug-likeness (QED) is 0.578. The number of carbonyl (C=O) groups is 1. The summed E-state index contributed by atoms with van der Waals surface area (Å²) in [7, 11) is 0. The predicted molar refractivity (Wildman–Crippen MR) is 54.2 cm³/mol. The van der Waals surface area contributed by atoms with Crippen LogP contribution in [0.1, 0.15) is 20.8 Å². The molecule has 0 rings (SSSR count). The first-order chi connectivity index (χ1) is 4.76. The fourth-order valence-electron chi connectivity index (χ4n) is 1.18. The largest absolute Gasteiger partial charge is 0.369 e. The van der Waals surface area contributed by atoms with E-state index in [0.29, 0.717) is 0 Å². The number of amides is 1. The molecule has 0 aromatic heterocycles. The van der Waals surface area contributed by atoms with Gasteiger partial charge in [0, 0.05) is 10.00 Å². The summed E-state index contributed by atoms with van der Waals surface area (Å²) in [6.45, 7) is 5.56. The van der Waals surface area contributed by atoms with Gasteiger partial charge in [-0.1, -0.05) is 20.8 Å². The Morgan fingerprint density at radius 1 is 1.55 bits per heavy atom. The van der Waals surface area contributed by atoms with Crippen molar-refractivity contribution < 1.29 is 4.79 Å². The Hall–Kier alpha value is 0.170. The molecule has 11 heavy (non-hydrogen) atoms. The van der Waals surface area contributed by atoms with E-state index in [2.05, 4.69) is 25.3 Å². The van der Waals surface area contributed by atoms with Crippen LogP contribution < -0.4 is 5.73 Å². The summed E-state index contributed by atoms with van der Waals surface area (Å²) in [5.74, 6) is -0.637. The first kappa shape index (κ1) is 11.2. The van der Waals surface area contributed by atoms with Crippen molar-refractivity contribution in [3.05, 3.63) is 0 Å². The zero-order valence-corrected chi connectivity index (χ0v) is 8.82. The Balaban J connectivity index is 4.49. The first-order valence-electron chi connectivity index (χ1n) is 3.46. The minimum Gasteiger partial charge on any atom is -0.369 e.